The van der Waals surface area contributed by atoms with E-state index in [0.29, 0.717) is 18.4 Å². The van der Waals surface area contributed by atoms with Gasteiger partial charge in [-0.2, -0.15) is 0 Å². The Morgan fingerprint density at radius 3 is 2.68 bits per heavy atom. The summed E-state index contributed by atoms with van der Waals surface area (Å²) in [5, 5.41) is 22.0. The van der Waals surface area contributed by atoms with Crippen LogP contribution in [0.25, 0.3) is 0 Å². The molecule has 0 amide bonds. The molecule has 138 valence electrons. The maximum Gasteiger partial charge on any atom is 0.337 e. The number of carbonyl (C=O) groups excluding carboxylic acids is 2. The highest BCUT2D eigenvalue weighted by Crippen LogP contribution is 2.39. The van der Waals surface area contributed by atoms with Crippen LogP contribution in [0.4, 0.5) is 0 Å². The van der Waals surface area contributed by atoms with Crippen molar-refractivity contribution >= 4 is 11.9 Å². The Hall–Kier alpha value is -1.92. The number of allylic oxidation sites excluding steroid dienone is 2. The fraction of sp³-hybridized carbons (Fsp3) is 0.579. The predicted octanol–water partition coefficient (Wildman–Crippen LogP) is 1.81. The highest BCUT2D eigenvalue weighted by molar-refractivity contribution is 5.93. The number of hydrogen-bond donors (Lipinski definition) is 2. The van der Waals surface area contributed by atoms with Gasteiger partial charge in [-0.1, -0.05) is 32.1 Å². The van der Waals surface area contributed by atoms with Crippen LogP contribution in [0.2, 0.25) is 0 Å². The second-order valence-electron chi connectivity index (χ2n) is 7.09. The van der Waals surface area contributed by atoms with E-state index in [1.807, 2.05) is 13.0 Å². The van der Waals surface area contributed by atoms with Gasteiger partial charge in [0.1, 0.15) is 6.10 Å². The second-order valence-corrected chi connectivity index (χ2v) is 7.09. The van der Waals surface area contributed by atoms with Crippen molar-refractivity contribution in [3.63, 3.8) is 0 Å². The average molecular weight is 350 g/mol. The molecule has 2 rings (SSSR count). The summed E-state index contributed by atoms with van der Waals surface area (Å²) in [5.41, 5.74) is -0.782. The zero-order valence-corrected chi connectivity index (χ0v) is 15.1. The molecule has 4 atom stereocenters. The smallest absolute Gasteiger partial charge is 0.337 e. The van der Waals surface area contributed by atoms with Gasteiger partial charge in [0.05, 0.1) is 11.5 Å². The molecule has 1 unspecified atom stereocenters. The summed E-state index contributed by atoms with van der Waals surface area (Å²) in [6.45, 7) is 10.5. The summed E-state index contributed by atoms with van der Waals surface area (Å²) in [6.07, 6.45) is 1.09. The number of aliphatic hydroxyl groups excluding tert-OH is 1. The molecular formula is C19H26O6. The van der Waals surface area contributed by atoms with E-state index < -0.39 is 41.8 Å². The van der Waals surface area contributed by atoms with E-state index >= 15 is 0 Å². The molecule has 0 saturated carbocycles. The van der Waals surface area contributed by atoms with Crippen LogP contribution in [0, 0.1) is 5.92 Å². The highest BCUT2D eigenvalue weighted by Gasteiger charge is 2.58. The van der Waals surface area contributed by atoms with Gasteiger partial charge in [0, 0.05) is 0 Å². The minimum atomic E-state index is -2.06. The first-order valence-electron chi connectivity index (χ1n) is 8.44. The normalized spacial score (nSPS) is 37.5. The Morgan fingerprint density at radius 1 is 1.44 bits per heavy atom. The lowest BCUT2D eigenvalue weighted by atomic mass is 9.79. The van der Waals surface area contributed by atoms with Crippen molar-refractivity contribution in [1.29, 1.82) is 0 Å². The van der Waals surface area contributed by atoms with Crippen molar-refractivity contribution in [2.24, 2.45) is 5.92 Å². The third kappa shape index (κ3) is 3.55. The van der Waals surface area contributed by atoms with Gasteiger partial charge < -0.3 is 19.7 Å². The summed E-state index contributed by atoms with van der Waals surface area (Å²) >= 11 is 0. The van der Waals surface area contributed by atoms with Crippen LogP contribution >= 0.6 is 0 Å². The maximum atomic E-state index is 12.1. The highest BCUT2D eigenvalue weighted by atomic mass is 16.6. The molecule has 2 aliphatic rings. The van der Waals surface area contributed by atoms with Crippen molar-refractivity contribution in [3.8, 4) is 0 Å². The van der Waals surface area contributed by atoms with Crippen LogP contribution in [0.5, 0.6) is 0 Å². The quantitative estimate of drug-likeness (QED) is 0.448. The van der Waals surface area contributed by atoms with E-state index in [4.69, 9.17) is 9.47 Å². The molecule has 1 aliphatic heterocycles. The minimum Gasteiger partial charge on any atom is -0.455 e. The second kappa shape index (κ2) is 7.14. The van der Waals surface area contributed by atoms with Crippen molar-refractivity contribution in [3.05, 3.63) is 35.5 Å². The van der Waals surface area contributed by atoms with E-state index in [1.54, 1.807) is 26.8 Å². The minimum absolute atomic E-state index is 0.243. The number of esters is 2. The van der Waals surface area contributed by atoms with Gasteiger partial charge in [-0.25, -0.2) is 4.79 Å². The molecular weight excluding hydrogens is 324 g/mol. The Labute approximate surface area is 147 Å². The maximum absolute atomic E-state index is 12.1. The SMILES string of the molecule is C=C1C(=O)O[C@@H]2/C=C(\C)CC/C=C(/C)[C@@H](OC(=O)C(C)C)[C@H](O)C12O. The topological polar surface area (TPSA) is 93.1 Å². The summed E-state index contributed by atoms with van der Waals surface area (Å²) in [5.74, 6) is -1.67. The summed E-state index contributed by atoms with van der Waals surface area (Å²) in [7, 11) is 0. The first-order chi connectivity index (χ1) is 11.6. The fourth-order valence-electron chi connectivity index (χ4n) is 3.00. The fourth-order valence-corrected chi connectivity index (χ4v) is 3.00. The Balaban J connectivity index is 2.50. The molecule has 0 bridgehead atoms. The van der Waals surface area contributed by atoms with Gasteiger partial charge in [-0.3, -0.25) is 4.79 Å². The number of hydrogen-bond acceptors (Lipinski definition) is 6. The van der Waals surface area contributed by atoms with Crippen LogP contribution in [-0.4, -0.2) is 46.1 Å². The third-order valence-corrected chi connectivity index (χ3v) is 4.74. The van der Waals surface area contributed by atoms with Crippen LogP contribution in [0.3, 0.4) is 0 Å². The third-order valence-electron chi connectivity index (χ3n) is 4.74. The molecule has 1 heterocycles. The van der Waals surface area contributed by atoms with Gasteiger partial charge in [-0.05, 0) is 38.3 Å². The predicted molar refractivity (Wildman–Crippen MR) is 91.4 cm³/mol. The van der Waals surface area contributed by atoms with E-state index in [1.165, 1.54) is 0 Å². The summed E-state index contributed by atoms with van der Waals surface area (Å²) in [4.78, 5) is 24.0. The van der Waals surface area contributed by atoms with E-state index in [0.717, 1.165) is 5.57 Å². The van der Waals surface area contributed by atoms with Gasteiger partial charge >= 0.3 is 11.9 Å². The van der Waals surface area contributed by atoms with Gasteiger partial charge in [0.2, 0.25) is 0 Å². The molecule has 1 aliphatic carbocycles. The molecule has 0 aromatic rings. The summed E-state index contributed by atoms with van der Waals surface area (Å²) in [6, 6.07) is 0. The Bertz CT molecular complexity index is 644. The monoisotopic (exact) mass is 350 g/mol. The molecule has 0 spiro atoms. The zero-order chi connectivity index (χ0) is 18.9. The lowest BCUT2D eigenvalue weighted by Gasteiger charge is -2.37. The molecule has 25 heavy (non-hydrogen) atoms. The van der Waals surface area contributed by atoms with E-state index in [-0.39, 0.29) is 5.57 Å². The average Bonchev–Trinajstić information content (AvgIpc) is 2.75. The lowest BCUT2D eigenvalue weighted by Crippen LogP contribution is -2.56. The zero-order valence-electron chi connectivity index (χ0n) is 15.1. The molecule has 0 aromatic carbocycles. The van der Waals surface area contributed by atoms with Crippen LogP contribution in [-0.2, 0) is 19.1 Å². The standard InChI is InChI=1S/C19H26O6/c1-10(2)17(21)25-15-12(4)8-6-7-11(3)9-14-19(23,16(15)20)13(5)18(22)24-14/h8-10,14-16,20,23H,5-7H2,1-4H3/b11-9+,12-8-/t14-,15-,16+,19?/m1/s1. The van der Waals surface area contributed by atoms with Crippen molar-refractivity contribution < 1.29 is 29.3 Å². The van der Waals surface area contributed by atoms with Crippen molar-refractivity contribution in [1.82, 2.24) is 0 Å². The number of carbonyl (C=O) groups is 2. The number of rotatable bonds is 2. The van der Waals surface area contributed by atoms with E-state index in [2.05, 4.69) is 6.58 Å². The van der Waals surface area contributed by atoms with Crippen LogP contribution in [0.1, 0.15) is 40.5 Å². The van der Waals surface area contributed by atoms with Crippen LogP contribution < -0.4 is 0 Å². The molecule has 6 heteroatoms. The van der Waals surface area contributed by atoms with E-state index in [9.17, 15) is 19.8 Å². The largest absolute Gasteiger partial charge is 0.455 e. The number of ether oxygens (including phenoxy) is 2. The van der Waals surface area contributed by atoms with Gasteiger partial charge in [-0.15, -0.1) is 0 Å². The molecule has 6 nitrogen and oxygen atoms in total. The van der Waals surface area contributed by atoms with Gasteiger partial charge in [0.25, 0.3) is 0 Å². The van der Waals surface area contributed by atoms with Gasteiger partial charge in [0.15, 0.2) is 17.8 Å². The molecule has 1 saturated heterocycles. The van der Waals surface area contributed by atoms with Crippen molar-refractivity contribution in [2.75, 3.05) is 0 Å². The molecule has 0 aromatic heterocycles. The molecule has 0 radical (unpaired) electrons. The summed E-state index contributed by atoms with van der Waals surface area (Å²) < 4.78 is 10.7. The Kier molecular flexibility index (Phi) is 5.54. The number of fused-ring (bicyclic) bond motifs is 1. The molecule has 1 fully saturated rings. The first-order valence-corrected chi connectivity index (χ1v) is 8.44. The van der Waals surface area contributed by atoms with Crippen molar-refractivity contribution in [2.45, 2.75) is 64.4 Å². The number of aliphatic hydroxyl groups is 2. The lowest BCUT2D eigenvalue weighted by molar-refractivity contribution is -0.170. The van der Waals surface area contributed by atoms with Crippen LogP contribution in [0.15, 0.2) is 35.5 Å². The Morgan fingerprint density at radius 2 is 2.08 bits per heavy atom. The molecule has 2 N–H and O–H groups in total. The first kappa shape index (κ1) is 19.4.